The second-order valence-electron chi connectivity index (χ2n) is 4.08. The molecule has 0 aliphatic carbocycles. The number of H-pyrrole nitrogens is 1. The van der Waals surface area contributed by atoms with E-state index in [2.05, 4.69) is 4.98 Å². The number of nitrogens with zero attached hydrogens (tertiary/aromatic N) is 2. The first-order chi connectivity index (χ1) is 7.57. The molecule has 1 unspecified atom stereocenters. The fourth-order valence-corrected chi connectivity index (χ4v) is 1.80. The van der Waals surface area contributed by atoms with E-state index >= 15 is 0 Å². The number of nitrogens with one attached hydrogen (secondary N) is 1. The number of ether oxygens (including phenoxy) is 1. The van der Waals surface area contributed by atoms with Crippen LogP contribution in [0.15, 0.2) is 15.8 Å². The summed E-state index contributed by atoms with van der Waals surface area (Å²) in [4.78, 5) is 25.0. The minimum absolute atomic E-state index is 0.0623. The number of aromatic amines is 1. The van der Waals surface area contributed by atoms with Crippen LogP contribution < -0.4 is 11.2 Å². The third kappa shape index (κ3) is 1.55. The lowest BCUT2D eigenvalue weighted by Crippen LogP contribution is -2.43. The predicted molar refractivity (Wildman–Crippen MR) is 55.1 cm³/mol. The highest BCUT2D eigenvalue weighted by Crippen LogP contribution is 2.24. The first-order valence-corrected chi connectivity index (χ1v) is 4.91. The maximum absolute atomic E-state index is 11.6. The van der Waals surface area contributed by atoms with Gasteiger partial charge in [0.1, 0.15) is 11.6 Å². The van der Waals surface area contributed by atoms with E-state index in [-0.39, 0.29) is 5.56 Å². The molecule has 1 N–H and O–H groups in total. The summed E-state index contributed by atoms with van der Waals surface area (Å²) in [7, 11) is 0. The second kappa shape index (κ2) is 3.61. The van der Waals surface area contributed by atoms with Crippen LogP contribution in [0.25, 0.3) is 0 Å². The van der Waals surface area contributed by atoms with Crippen molar-refractivity contribution in [3.8, 4) is 6.07 Å². The zero-order chi connectivity index (χ0) is 11.8. The monoisotopic (exact) mass is 221 g/mol. The first kappa shape index (κ1) is 10.6. The molecule has 84 valence electrons. The molecule has 6 heteroatoms. The van der Waals surface area contributed by atoms with Crippen molar-refractivity contribution in [2.24, 2.45) is 0 Å². The van der Waals surface area contributed by atoms with Gasteiger partial charge in [-0.2, -0.15) is 5.26 Å². The minimum Gasteiger partial charge on any atom is -0.379 e. The molecule has 0 aromatic carbocycles. The molecule has 0 bridgehead atoms. The number of hydrogen-bond acceptors (Lipinski definition) is 4. The third-order valence-electron chi connectivity index (χ3n) is 2.84. The Morgan fingerprint density at radius 2 is 2.38 bits per heavy atom. The Kier molecular flexibility index (Phi) is 2.40. The van der Waals surface area contributed by atoms with Crippen molar-refractivity contribution in [2.45, 2.75) is 18.9 Å². The van der Waals surface area contributed by atoms with Crippen molar-refractivity contribution >= 4 is 0 Å². The van der Waals surface area contributed by atoms with Gasteiger partial charge in [-0.05, 0) is 13.3 Å². The molecule has 1 aliphatic rings. The number of hydrogen-bond donors (Lipinski definition) is 1. The van der Waals surface area contributed by atoms with Crippen LogP contribution in [0.1, 0.15) is 18.9 Å². The average Bonchev–Trinajstić information content (AvgIpc) is 2.66. The summed E-state index contributed by atoms with van der Waals surface area (Å²) in [6.07, 6.45) is 1.99. The molecule has 0 saturated carbocycles. The Morgan fingerprint density at radius 3 is 2.94 bits per heavy atom. The maximum atomic E-state index is 11.6. The van der Waals surface area contributed by atoms with Gasteiger partial charge in [0.2, 0.25) is 0 Å². The standard InChI is InChI=1S/C10H11N3O3/c1-10(2-3-16-6-10)13-5-7(4-11)8(14)12-9(13)15/h5H,2-3,6H2,1H3,(H,12,14,15). The van der Waals surface area contributed by atoms with E-state index in [9.17, 15) is 9.59 Å². The Balaban J connectivity index is 2.62. The van der Waals surface area contributed by atoms with Crippen molar-refractivity contribution in [1.29, 1.82) is 5.26 Å². The summed E-state index contributed by atoms with van der Waals surface area (Å²) < 4.78 is 6.61. The lowest BCUT2D eigenvalue weighted by molar-refractivity contribution is 0.159. The lowest BCUT2D eigenvalue weighted by atomic mass is 10.0. The van der Waals surface area contributed by atoms with Crippen LogP contribution in [0.3, 0.4) is 0 Å². The molecule has 0 radical (unpaired) electrons. The van der Waals surface area contributed by atoms with E-state index in [0.717, 1.165) is 0 Å². The molecule has 2 heterocycles. The van der Waals surface area contributed by atoms with Gasteiger partial charge < -0.3 is 4.74 Å². The van der Waals surface area contributed by atoms with Crippen LogP contribution in [0.4, 0.5) is 0 Å². The van der Waals surface area contributed by atoms with E-state index in [4.69, 9.17) is 10.00 Å². The number of rotatable bonds is 1. The highest BCUT2D eigenvalue weighted by molar-refractivity contribution is 5.22. The summed E-state index contributed by atoms with van der Waals surface area (Å²) >= 11 is 0. The predicted octanol–water partition coefficient (Wildman–Crippen LogP) is -0.456. The van der Waals surface area contributed by atoms with E-state index in [1.54, 1.807) is 6.07 Å². The van der Waals surface area contributed by atoms with Gasteiger partial charge in [-0.1, -0.05) is 0 Å². The zero-order valence-corrected chi connectivity index (χ0v) is 8.82. The fraction of sp³-hybridized carbons (Fsp3) is 0.500. The summed E-state index contributed by atoms with van der Waals surface area (Å²) in [5.74, 6) is 0. The number of aromatic nitrogens is 2. The van der Waals surface area contributed by atoms with Crippen LogP contribution >= 0.6 is 0 Å². The molecule has 2 rings (SSSR count). The van der Waals surface area contributed by atoms with Crippen molar-refractivity contribution in [1.82, 2.24) is 9.55 Å². The minimum atomic E-state index is -0.647. The van der Waals surface area contributed by atoms with Gasteiger partial charge in [0.25, 0.3) is 5.56 Å². The van der Waals surface area contributed by atoms with E-state index in [1.807, 2.05) is 6.92 Å². The molecule has 0 amide bonds. The van der Waals surface area contributed by atoms with E-state index in [0.29, 0.717) is 19.6 Å². The Bertz CT molecular complexity index is 558. The zero-order valence-electron chi connectivity index (χ0n) is 8.82. The van der Waals surface area contributed by atoms with Crippen LogP contribution in [0.2, 0.25) is 0 Å². The van der Waals surface area contributed by atoms with Crippen molar-refractivity contribution in [3.63, 3.8) is 0 Å². The first-order valence-electron chi connectivity index (χ1n) is 4.91. The smallest absolute Gasteiger partial charge is 0.328 e. The SMILES string of the molecule is CC1(n2cc(C#N)c(=O)[nH]c2=O)CCOC1. The van der Waals surface area contributed by atoms with Crippen LogP contribution in [0, 0.1) is 11.3 Å². The Labute approximate surface area is 91.1 Å². The molecular formula is C10H11N3O3. The molecule has 1 aromatic heterocycles. The molecule has 1 saturated heterocycles. The molecule has 1 atom stereocenters. The summed E-state index contributed by atoms with van der Waals surface area (Å²) in [6, 6.07) is 1.76. The van der Waals surface area contributed by atoms with Gasteiger partial charge in [-0.25, -0.2) is 4.79 Å². The van der Waals surface area contributed by atoms with Crippen LogP contribution in [0.5, 0.6) is 0 Å². The van der Waals surface area contributed by atoms with Gasteiger partial charge in [0.15, 0.2) is 0 Å². The number of nitriles is 1. The second-order valence-corrected chi connectivity index (χ2v) is 4.08. The van der Waals surface area contributed by atoms with Crippen molar-refractivity contribution in [2.75, 3.05) is 13.2 Å². The molecule has 1 aliphatic heterocycles. The van der Waals surface area contributed by atoms with Gasteiger partial charge >= 0.3 is 5.69 Å². The topological polar surface area (TPSA) is 87.9 Å². The van der Waals surface area contributed by atoms with Crippen LogP contribution in [-0.2, 0) is 10.3 Å². The molecule has 0 spiro atoms. The lowest BCUT2D eigenvalue weighted by Gasteiger charge is -2.24. The third-order valence-corrected chi connectivity index (χ3v) is 2.84. The van der Waals surface area contributed by atoms with Gasteiger partial charge in [-0.3, -0.25) is 14.3 Å². The van der Waals surface area contributed by atoms with Crippen LogP contribution in [-0.4, -0.2) is 22.8 Å². The van der Waals surface area contributed by atoms with Gasteiger partial charge in [0.05, 0.1) is 12.1 Å². The summed E-state index contributed by atoms with van der Waals surface area (Å²) in [5, 5.41) is 8.74. The summed E-state index contributed by atoms with van der Waals surface area (Å²) in [6.45, 7) is 2.84. The normalized spacial score (nSPS) is 24.2. The highest BCUT2D eigenvalue weighted by Gasteiger charge is 2.33. The average molecular weight is 221 g/mol. The van der Waals surface area contributed by atoms with E-state index < -0.39 is 16.8 Å². The van der Waals surface area contributed by atoms with Crippen molar-refractivity contribution in [3.05, 3.63) is 32.6 Å². The Hall–Kier alpha value is -1.87. The highest BCUT2D eigenvalue weighted by atomic mass is 16.5. The molecular weight excluding hydrogens is 210 g/mol. The molecule has 6 nitrogen and oxygen atoms in total. The largest absolute Gasteiger partial charge is 0.379 e. The molecule has 1 aromatic rings. The van der Waals surface area contributed by atoms with Gasteiger partial charge in [0, 0.05) is 12.8 Å². The maximum Gasteiger partial charge on any atom is 0.328 e. The fourth-order valence-electron chi connectivity index (χ4n) is 1.80. The Morgan fingerprint density at radius 1 is 1.62 bits per heavy atom. The molecule has 16 heavy (non-hydrogen) atoms. The quantitative estimate of drug-likeness (QED) is 0.695. The van der Waals surface area contributed by atoms with Crippen molar-refractivity contribution < 1.29 is 4.74 Å². The summed E-state index contributed by atoms with van der Waals surface area (Å²) in [5.41, 5.74) is -1.69. The van der Waals surface area contributed by atoms with E-state index in [1.165, 1.54) is 10.8 Å². The molecule has 1 fully saturated rings. The van der Waals surface area contributed by atoms with Gasteiger partial charge in [-0.15, -0.1) is 0 Å².